The molecule has 84 valence electrons. The molecule has 0 amide bonds. The summed E-state index contributed by atoms with van der Waals surface area (Å²) < 4.78 is 0. The van der Waals surface area contributed by atoms with Gasteiger partial charge >= 0.3 is 0 Å². The smallest absolute Gasteiger partial charge is 0.0300 e. The van der Waals surface area contributed by atoms with Crippen LogP contribution in [0.4, 0.5) is 0 Å². The highest BCUT2D eigenvalue weighted by Crippen LogP contribution is 2.41. The Morgan fingerprint density at radius 2 is 1.71 bits per heavy atom. The van der Waals surface area contributed by atoms with Gasteiger partial charge in [0.15, 0.2) is 0 Å². The molecule has 0 aromatic carbocycles. The molecule has 0 aliphatic heterocycles. The van der Waals surface area contributed by atoms with Gasteiger partial charge in [-0.3, -0.25) is 0 Å². The van der Waals surface area contributed by atoms with Crippen molar-refractivity contribution in [3.05, 3.63) is 0 Å². The monoisotopic (exact) mass is 196 g/mol. The van der Waals surface area contributed by atoms with Crippen molar-refractivity contribution in [1.29, 1.82) is 0 Å². The van der Waals surface area contributed by atoms with Crippen molar-refractivity contribution in [2.24, 2.45) is 17.3 Å². The number of rotatable bonds is 1. The van der Waals surface area contributed by atoms with Crippen molar-refractivity contribution < 1.29 is 0 Å². The maximum absolute atomic E-state index is 2.51. The lowest BCUT2D eigenvalue weighted by molar-refractivity contribution is 0.149. The third kappa shape index (κ3) is 3.29. The van der Waals surface area contributed by atoms with E-state index < -0.39 is 0 Å². The molecule has 0 nitrogen and oxygen atoms in total. The second-order valence-corrected chi connectivity index (χ2v) is 6.07. The van der Waals surface area contributed by atoms with E-state index in [0.29, 0.717) is 5.41 Å². The van der Waals surface area contributed by atoms with Gasteiger partial charge in [0.05, 0.1) is 0 Å². The molecule has 0 spiro atoms. The first-order valence-corrected chi connectivity index (χ1v) is 6.54. The van der Waals surface area contributed by atoms with E-state index in [9.17, 15) is 0 Å². The van der Waals surface area contributed by atoms with Crippen molar-refractivity contribution in [2.45, 2.75) is 72.6 Å². The zero-order chi connectivity index (χ0) is 10.6. The van der Waals surface area contributed by atoms with Crippen molar-refractivity contribution >= 4 is 0 Å². The van der Waals surface area contributed by atoms with Gasteiger partial charge in [-0.15, -0.1) is 0 Å². The van der Waals surface area contributed by atoms with Gasteiger partial charge in [0, 0.05) is 0 Å². The Kier molecular flexibility index (Phi) is 4.47. The highest BCUT2D eigenvalue weighted by Gasteiger charge is 2.29. The van der Waals surface area contributed by atoms with E-state index in [1.165, 1.54) is 44.9 Å². The molecule has 0 aromatic rings. The Morgan fingerprint density at radius 3 is 2.36 bits per heavy atom. The second kappa shape index (κ2) is 5.19. The van der Waals surface area contributed by atoms with Crippen molar-refractivity contribution in [1.82, 2.24) is 0 Å². The van der Waals surface area contributed by atoms with Gasteiger partial charge in [-0.25, -0.2) is 0 Å². The Bertz CT molecular complexity index is 159. The topological polar surface area (TPSA) is 0 Å². The minimum absolute atomic E-state index is 0.615. The predicted octanol–water partition coefficient (Wildman–Crippen LogP) is 5.03. The Labute approximate surface area is 90.5 Å². The summed E-state index contributed by atoms with van der Waals surface area (Å²) in [6.45, 7) is 9.78. The van der Waals surface area contributed by atoms with Crippen molar-refractivity contribution in [3.63, 3.8) is 0 Å². The molecule has 0 aromatic heterocycles. The fourth-order valence-electron chi connectivity index (χ4n) is 2.90. The Hall–Kier alpha value is 0. The van der Waals surface area contributed by atoms with Crippen LogP contribution in [-0.2, 0) is 0 Å². The second-order valence-electron chi connectivity index (χ2n) is 6.07. The molecular weight excluding hydrogens is 168 g/mol. The number of hydrogen-bond donors (Lipinski definition) is 0. The molecule has 1 saturated carbocycles. The maximum atomic E-state index is 2.51. The Balaban J connectivity index is 2.61. The van der Waals surface area contributed by atoms with Crippen LogP contribution in [0.5, 0.6) is 0 Å². The van der Waals surface area contributed by atoms with E-state index in [1.807, 2.05) is 0 Å². The highest BCUT2D eigenvalue weighted by atomic mass is 14.3. The lowest BCUT2D eigenvalue weighted by atomic mass is 9.70. The quantitative estimate of drug-likeness (QED) is 0.552. The average Bonchev–Trinajstić information content (AvgIpc) is 2.17. The molecule has 1 rings (SSSR count). The average molecular weight is 196 g/mol. The van der Waals surface area contributed by atoms with Gasteiger partial charge < -0.3 is 0 Å². The van der Waals surface area contributed by atoms with Gasteiger partial charge in [-0.2, -0.15) is 0 Å². The zero-order valence-electron chi connectivity index (χ0n) is 10.6. The van der Waals surface area contributed by atoms with E-state index in [1.54, 1.807) is 0 Å². The van der Waals surface area contributed by atoms with Gasteiger partial charge in [-0.1, -0.05) is 59.8 Å². The standard InChI is InChI=1S/C14H28/c1-12(2)14(4)10-8-6-5-7-9-13(3)11-14/h12-13H,5-11H2,1-4H3. The van der Waals surface area contributed by atoms with Gasteiger partial charge in [0.2, 0.25) is 0 Å². The normalized spacial score (nSPS) is 36.2. The Morgan fingerprint density at radius 1 is 1.07 bits per heavy atom. The first-order chi connectivity index (χ1) is 6.54. The fourth-order valence-corrected chi connectivity index (χ4v) is 2.90. The van der Waals surface area contributed by atoms with E-state index in [2.05, 4.69) is 27.7 Å². The fraction of sp³-hybridized carbons (Fsp3) is 1.00. The van der Waals surface area contributed by atoms with Crippen molar-refractivity contribution in [3.8, 4) is 0 Å². The third-order valence-electron chi connectivity index (χ3n) is 4.40. The van der Waals surface area contributed by atoms with Gasteiger partial charge in [0.1, 0.15) is 0 Å². The molecule has 2 unspecified atom stereocenters. The lowest BCUT2D eigenvalue weighted by Crippen LogP contribution is -2.25. The third-order valence-corrected chi connectivity index (χ3v) is 4.40. The van der Waals surface area contributed by atoms with E-state index in [0.717, 1.165) is 11.8 Å². The van der Waals surface area contributed by atoms with Crippen LogP contribution < -0.4 is 0 Å². The summed E-state index contributed by atoms with van der Waals surface area (Å²) in [5, 5.41) is 0. The minimum atomic E-state index is 0.615. The molecule has 0 heteroatoms. The minimum Gasteiger partial charge on any atom is -0.0625 e. The summed E-state index contributed by atoms with van der Waals surface area (Å²) in [5.41, 5.74) is 0.615. The van der Waals surface area contributed by atoms with Crippen LogP contribution in [0.2, 0.25) is 0 Å². The largest absolute Gasteiger partial charge is 0.0625 e. The van der Waals surface area contributed by atoms with Crippen LogP contribution in [0.3, 0.4) is 0 Å². The molecule has 0 N–H and O–H groups in total. The summed E-state index contributed by atoms with van der Waals surface area (Å²) in [4.78, 5) is 0. The van der Waals surface area contributed by atoms with Crippen LogP contribution >= 0.6 is 0 Å². The molecule has 0 saturated heterocycles. The van der Waals surface area contributed by atoms with Crippen LogP contribution in [0, 0.1) is 17.3 Å². The molecule has 0 bridgehead atoms. The zero-order valence-corrected chi connectivity index (χ0v) is 10.6. The molecule has 1 aliphatic carbocycles. The first-order valence-electron chi connectivity index (χ1n) is 6.54. The molecule has 0 heterocycles. The molecule has 14 heavy (non-hydrogen) atoms. The van der Waals surface area contributed by atoms with E-state index in [-0.39, 0.29) is 0 Å². The predicted molar refractivity (Wildman–Crippen MR) is 64.4 cm³/mol. The van der Waals surface area contributed by atoms with E-state index in [4.69, 9.17) is 0 Å². The van der Waals surface area contributed by atoms with Gasteiger partial charge in [0.25, 0.3) is 0 Å². The highest BCUT2D eigenvalue weighted by molar-refractivity contribution is 4.80. The lowest BCUT2D eigenvalue weighted by Gasteiger charge is -2.36. The van der Waals surface area contributed by atoms with Gasteiger partial charge in [-0.05, 0) is 30.1 Å². The summed E-state index contributed by atoms with van der Waals surface area (Å²) in [7, 11) is 0. The van der Waals surface area contributed by atoms with Crippen molar-refractivity contribution in [2.75, 3.05) is 0 Å². The summed E-state index contributed by atoms with van der Waals surface area (Å²) >= 11 is 0. The van der Waals surface area contributed by atoms with Crippen LogP contribution in [0.15, 0.2) is 0 Å². The molecular formula is C14H28. The molecule has 0 radical (unpaired) electrons. The van der Waals surface area contributed by atoms with E-state index >= 15 is 0 Å². The van der Waals surface area contributed by atoms with Crippen LogP contribution in [0.25, 0.3) is 0 Å². The molecule has 2 atom stereocenters. The summed E-state index contributed by atoms with van der Waals surface area (Å²) in [5.74, 6) is 1.79. The first kappa shape index (κ1) is 12.1. The molecule has 1 fully saturated rings. The summed E-state index contributed by atoms with van der Waals surface area (Å²) in [6.07, 6.45) is 10.2. The molecule has 1 aliphatic rings. The SMILES string of the molecule is CC1CCCCCCC(C)(C(C)C)C1. The maximum Gasteiger partial charge on any atom is -0.0300 e. The number of hydrogen-bond acceptors (Lipinski definition) is 0. The summed E-state index contributed by atoms with van der Waals surface area (Å²) in [6, 6.07) is 0. The van der Waals surface area contributed by atoms with Crippen LogP contribution in [0.1, 0.15) is 72.6 Å². The van der Waals surface area contributed by atoms with Crippen LogP contribution in [-0.4, -0.2) is 0 Å².